The number of halogens is 2. The van der Waals surface area contributed by atoms with Crippen LogP contribution in [0.4, 0.5) is 10.1 Å². The van der Waals surface area contributed by atoms with Crippen LogP contribution in [0.5, 0.6) is 0 Å². The van der Waals surface area contributed by atoms with Gasteiger partial charge in [-0.05, 0) is 49.2 Å². The number of aromatic amines is 1. The van der Waals surface area contributed by atoms with E-state index in [-0.39, 0.29) is 33.2 Å². The number of imidazole rings is 1. The number of fused-ring (bicyclic) bond motifs is 6. The number of nitrogens with one attached hydrogen (secondary N) is 1. The lowest BCUT2D eigenvalue weighted by Gasteiger charge is -2.34. The summed E-state index contributed by atoms with van der Waals surface area (Å²) in [5, 5.41) is 10.6. The first kappa shape index (κ1) is 23.9. The summed E-state index contributed by atoms with van der Waals surface area (Å²) in [6.45, 7) is 0.910. The Hall–Kier alpha value is -4.15. The fraction of sp³-hybridized carbons (Fsp3) is 0.179. The summed E-state index contributed by atoms with van der Waals surface area (Å²) in [6.07, 6.45) is 1.17. The van der Waals surface area contributed by atoms with Crippen molar-refractivity contribution < 1.29 is 14.3 Å². The number of benzene rings is 3. The summed E-state index contributed by atoms with van der Waals surface area (Å²) in [7, 11) is 0. The molecule has 1 saturated heterocycles. The lowest BCUT2D eigenvalue weighted by molar-refractivity contribution is 0.0697. The fourth-order valence-electron chi connectivity index (χ4n) is 5.80. The number of pyridine rings is 1. The maximum atomic E-state index is 15.7. The van der Waals surface area contributed by atoms with E-state index in [1.165, 1.54) is 23.5 Å². The van der Waals surface area contributed by atoms with Crippen molar-refractivity contribution in [2.75, 3.05) is 18.0 Å². The van der Waals surface area contributed by atoms with E-state index in [4.69, 9.17) is 11.6 Å². The van der Waals surface area contributed by atoms with Gasteiger partial charge in [0.2, 0.25) is 5.43 Å². The summed E-state index contributed by atoms with van der Waals surface area (Å²) >= 11 is 7.27. The van der Waals surface area contributed by atoms with E-state index in [2.05, 4.69) is 4.98 Å². The maximum absolute atomic E-state index is 15.7. The zero-order chi connectivity index (χ0) is 27.0. The third kappa shape index (κ3) is 3.59. The number of rotatable bonds is 3. The number of nitrogens with zero attached hydrogens (tertiary/aromatic N) is 3. The normalized spacial score (nSPS) is 14.8. The number of carboxylic acids is 1. The van der Waals surface area contributed by atoms with E-state index in [1.807, 2.05) is 35.2 Å². The molecule has 2 N–H and O–H groups in total. The van der Waals surface area contributed by atoms with Gasteiger partial charge in [0.05, 0.1) is 32.5 Å². The van der Waals surface area contributed by atoms with Crippen molar-refractivity contribution >= 4 is 71.6 Å². The number of hydrogen-bond acceptors (Lipinski definition) is 5. The van der Waals surface area contributed by atoms with Crippen molar-refractivity contribution in [1.82, 2.24) is 14.0 Å². The first-order valence-electron chi connectivity index (χ1n) is 12.4. The van der Waals surface area contributed by atoms with Crippen LogP contribution in [0, 0.1) is 5.82 Å². The Morgan fingerprint density at radius 2 is 1.79 bits per heavy atom. The minimum atomic E-state index is -1.32. The summed E-state index contributed by atoms with van der Waals surface area (Å²) in [4.78, 5) is 43.3. The van der Waals surface area contributed by atoms with E-state index in [0.717, 1.165) is 10.2 Å². The highest BCUT2D eigenvalue weighted by atomic mass is 35.5. The molecule has 3 aromatic carbocycles. The summed E-state index contributed by atoms with van der Waals surface area (Å²) in [6, 6.07) is 15.3. The number of hydrogen-bond donors (Lipinski definition) is 2. The molecule has 1 fully saturated rings. The van der Waals surface area contributed by atoms with Gasteiger partial charge in [-0.2, -0.15) is 0 Å². The number of carboxylic acid groups (broad SMARTS) is 1. The van der Waals surface area contributed by atoms with Crippen molar-refractivity contribution in [2.45, 2.75) is 18.9 Å². The Balaban J connectivity index is 1.31. The molecular weight excluding hydrogens is 543 g/mol. The van der Waals surface area contributed by atoms with Crippen LogP contribution >= 0.6 is 22.9 Å². The van der Waals surface area contributed by atoms with E-state index < -0.39 is 17.2 Å². The van der Waals surface area contributed by atoms with Gasteiger partial charge in [0, 0.05) is 35.6 Å². The molecule has 196 valence electrons. The molecule has 0 spiro atoms. The monoisotopic (exact) mass is 562 g/mol. The number of carbonyl (C=O) groups is 1. The smallest absolute Gasteiger partial charge is 0.342 e. The van der Waals surface area contributed by atoms with Gasteiger partial charge in [0.15, 0.2) is 0 Å². The van der Waals surface area contributed by atoms with Crippen LogP contribution in [0.25, 0.3) is 37.0 Å². The van der Waals surface area contributed by atoms with Crippen LogP contribution in [-0.4, -0.2) is 38.1 Å². The zero-order valence-electron chi connectivity index (χ0n) is 20.3. The van der Waals surface area contributed by atoms with Gasteiger partial charge in [0.25, 0.3) is 0 Å². The highest BCUT2D eigenvalue weighted by Gasteiger charge is 2.27. The second kappa shape index (κ2) is 8.69. The van der Waals surface area contributed by atoms with Crippen molar-refractivity contribution in [3.05, 3.63) is 91.7 Å². The molecule has 6 aromatic rings. The SMILES string of the molecule is O=C(O)c1c(=O)c2cc(N3CCC(n4c(=O)[nH]c5cc(Cl)ccc54)CC3)c(F)cc2n2c1sc1ccccc12. The van der Waals surface area contributed by atoms with Gasteiger partial charge in [-0.3, -0.25) is 13.8 Å². The Kier molecular flexibility index (Phi) is 5.33. The topological polar surface area (TPSA) is 99.8 Å². The number of piperidine rings is 1. The lowest BCUT2D eigenvalue weighted by atomic mass is 10.0. The second-order valence-electron chi connectivity index (χ2n) is 9.72. The minimum absolute atomic E-state index is 0.0896. The highest BCUT2D eigenvalue weighted by molar-refractivity contribution is 7.24. The molecular formula is C28H20ClFN4O4S. The Labute approximate surface area is 228 Å². The van der Waals surface area contributed by atoms with Gasteiger partial charge in [-0.1, -0.05) is 23.7 Å². The molecule has 0 amide bonds. The lowest BCUT2D eigenvalue weighted by Crippen LogP contribution is -2.37. The predicted octanol–water partition coefficient (Wildman–Crippen LogP) is 5.64. The Morgan fingerprint density at radius 3 is 2.56 bits per heavy atom. The first-order chi connectivity index (χ1) is 18.8. The zero-order valence-corrected chi connectivity index (χ0v) is 21.9. The summed E-state index contributed by atoms with van der Waals surface area (Å²) in [5.41, 5.74) is 1.54. The van der Waals surface area contributed by atoms with Crippen molar-refractivity contribution in [3.8, 4) is 0 Å². The van der Waals surface area contributed by atoms with E-state index >= 15 is 4.39 Å². The average molecular weight is 563 g/mol. The van der Waals surface area contributed by atoms with E-state index in [9.17, 15) is 19.5 Å². The van der Waals surface area contributed by atoms with Crippen LogP contribution in [0.2, 0.25) is 5.02 Å². The number of H-pyrrole nitrogens is 1. The molecule has 0 aliphatic carbocycles. The highest BCUT2D eigenvalue weighted by Crippen LogP contribution is 2.35. The van der Waals surface area contributed by atoms with Crippen LogP contribution < -0.4 is 16.0 Å². The molecule has 0 atom stereocenters. The third-order valence-corrected chi connectivity index (χ3v) is 8.95. The van der Waals surface area contributed by atoms with Gasteiger partial charge in [-0.15, -0.1) is 11.3 Å². The summed E-state index contributed by atoms with van der Waals surface area (Å²) in [5.74, 6) is -1.81. The standard InChI is InChI=1S/C28H20ClFN4O4S/c29-14-5-6-19-18(11-14)31-28(38)33(19)15-7-9-32(10-8-15)22-12-16-21(13-17(22)30)34-20-3-1-2-4-23(20)39-26(34)24(25(16)35)27(36)37/h1-6,11-13,15H,7-10H2,(H,31,38)(H,36,37). The number of anilines is 1. The maximum Gasteiger partial charge on any atom is 0.342 e. The van der Waals surface area contributed by atoms with E-state index in [0.29, 0.717) is 47.5 Å². The second-order valence-corrected chi connectivity index (χ2v) is 11.2. The van der Waals surface area contributed by atoms with E-state index in [1.54, 1.807) is 21.1 Å². The van der Waals surface area contributed by atoms with Crippen LogP contribution in [0.15, 0.2) is 64.2 Å². The first-order valence-corrected chi connectivity index (χ1v) is 13.6. The summed E-state index contributed by atoms with van der Waals surface area (Å²) < 4.78 is 19.9. The Morgan fingerprint density at radius 1 is 1.03 bits per heavy atom. The molecule has 1 aliphatic heterocycles. The largest absolute Gasteiger partial charge is 0.477 e. The van der Waals surface area contributed by atoms with Gasteiger partial charge in [0.1, 0.15) is 16.2 Å². The molecule has 0 radical (unpaired) electrons. The molecule has 11 heteroatoms. The minimum Gasteiger partial charge on any atom is -0.477 e. The number of thiazole rings is 1. The Bertz CT molecular complexity index is 2100. The average Bonchev–Trinajstić information content (AvgIpc) is 3.45. The van der Waals surface area contributed by atoms with Crippen molar-refractivity contribution in [2.24, 2.45) is 0 Å². The van der Waals surface area contributed by atoms with Gasteiger partial charge < -0.3 is 15.0 Å². The molecule has 1 aliphatic rings. The van der Waals surface area contributed by atoms with Crippen molar-refractivity contribution in [3.63, 3.8) is 0 Å². The molecule has 8 nitrogen and oxygen atoms in total. The van der Waals surface area contributed by atoms with Crippen LogP contribution in [0.1, 0.15) is 29.2 Å². The number of aromatic carboxylic acids is 1. The van der Waals surface area contributed by atoms with Gasteiger partial charge >= 0.3 is 11.7 Å². The molecule has 39 heavy (non-hydrogen) atoms. The quantitative estimate of drug-likeness (QED) is 0.291. The van der Waals surface area contributed by atoms with Crippen LogP contribution in [0.3, 0.4) is 0 Å². The predicted molar refractivity (Wildman–Crippen MR) is 152 cm³/mol. The molecule has 4 heterocycles. The molecule has 7 rings (SSSR count). The molecule has 0 bridgehead atoms. The molecule has 3 aromatic heterocycles. The number of para-hydroxylation sites is 1. The third-order valence-electron chi connectivity index (χ3n) is 7.57. The van der Waals surface area contributed by atoms with Crippen molar-refractivity contribution in [1.29, 1.82) is 0 Å². The number of aromatic nitrogens is 3. The molecule has 0 unspecified atom stereocenters. The molecule has 0 saturated carbocycles. The fourth-order valence-corrected chi connectivity index (χ4v) is 7.16. The van der Waals surface area contributed by atoms with Gasteiger partial charge in [-0.25, -0.2) is 14.0 Å². The van der Waals surface area contributed by atoms with Crippen LogP contribution in [-0.2, 0) is 0 Å².